The predicted octanol–water partition coefficient (Wildman–Crippen LogP) is 11.6. The van der Waals surface area contributed by atoms with Crippen LogP contribution in [0.15, 0.2) is 188 Å². The molecular weight excluding hydrogens is 688 g/mol. The third kappa shape index (κ3) is 5.54. The molecule has 0 amide bonds. The van der Waals surface area contributed by atoms with E-state index in [4.69, 9.17) is 4.74 Å². The normalized spacial score (nSPS) is 17.9. The molecule has 0 bridgehead atoms. The Morgan fingerprint density at radius 2 is 1.38 bits per heavy atom. The van der Waals surface area contributed by atoms with Crippen LogP contribution in [-0.4, -0.2) is 11.6 Å². The van der Waals surface area contributed by atoms with Crippen molar-refractivity contribution in [3.63, 3.8) is 0 Å². The van der Waals surface area contributed by atoms with Gasteiger partial charge in [-0.2, -0.15) is 0 Å². The molecule has 0 saturated heterocycles. The van der Waals surface area contributed by atoms with E-state index < -0.39 is 12.2 Å². The first-order valence-electron chi connectivity index (χ1n) is 19.7. The Morgan fingerprint density at radius 3 is 2.15 bits per heavy atom. The average Bonchev–Trinajstić information content (AvgIpc) is 3.53. The zero-order valence-electron chi connectivity index (χ0n) is 31.7. The van der Waals surface area contributed by atoms with Gasteiger partial charge in [0.25, 0.3) is 0 Å². The van der Waals surface area contributed by atoms with Gasteiger partial charge >= 0.3 is 284 Å². The number of unbranched alkanes of at least 4 members (excludes halogenated alkanes) is 1. The van der Waals surface area contributed by atoms with Crippen molar-refractivity contribution in [3.05, 3.63) is 221 Å². The summed E-state index contributed by atoms with van der Waals surface area (Å²) >= 11 is 0. The summed E-state index contributed by atoms with van der Waals surface area (Å²) in [6, 6.07) is 53.4. The Bertz CT molecular complexity index is 2490. The van der Waals surface area contributed by atoms with Crippen LogP contribution < -0.4 is 20.7 Å². The van der Waals surface area contributed by atoms with E-state index in [2.05, 4.69) is 159 Å². The van der Waals surface area contributed by atoms with Gasteiger partial charge in [0, 0.05) is 0 Å². The van der Waals surface area contributed by atoms with Crippen LogP contribution in [0.4, 0.5) is 0 Å². The minimum atomic E-state index is -3.75. The molecule has 6 aromatic rings. The second-order valence-corrected chi connectivity index (χ2v) is 19.9. The zero-order valence-corrected chi connectivity index (χ0v) is 32.6. The fourth-order valence-electron chi connectivity index (χ4n) is 9.31. The number of rotatable bonds is 9. The van der Waals surface area contributed by atoms with Crippen molar-refractivity contribution in [2.75, 3.05) is 6.66 Å². The van der Waals surface area contributed by atoms with Crippen molar-refractivity contribution in [3.8, 4) is 11.5 Å². The van der Waals surface area contributed by atoms with Gasteiger partial charge in [-0.25, -0.2) is 0 Å². The molecule has 2 nitrogen and oxygen atoms in total. The summed E-state index contributed by atoms with van der Waals surface area (Å²) in [5.74, 6) is 1.83. The molecule has 1 spiro atoms. The molecule has 6 aromatic carbocycles. The van der Waals surface area contributed by atoms with E-state index in [0.29, 0.717) is 6.42 Å². The Balaban J connectivity index is 1.19. The topological polar surface area (TPSA) is 29.5 Å². The van der Waals surface area contributed by atoms with Gasteiger partial charge in [-0.1, -0.05) is 30.3 Å². The van der Waals surface area contributed by atoms with Gasteiger partial charge in [-0.15, -0.1) is 0 Å². The molecule has 0 saturated carbocycles. The molecule has 0 fully saturated rings. The molecule has 1 atom stereocenters. The fourth-order valence-corrected chi connectivity index (χ4v) is 12.9. The standard InChI is InChI=1S/C52H47O2P/c1-3-4-7-21-39(36-35-38-20-18-26-42(37-38)55(2,53,40-22-8-5-9-23-40)41-24-10-6-11-25-41)43-29-19-33-49-51(43)54-50-34-17-16-32-48(50)52(49)46-30-14-12-27-44(46)45-28-13-15-31-47(45)52/h5-12,14-27,29-34,36-37,53H,3-4,13,28,35H2,1-2H3/b21-7-,39-36+. The van der Waals surface area contributed by atoms with E-state index in [9.17, 15) is 4.89 Å². The van der Waals surface area contributed by atoms with Crippen molar-refractivity contribution in [1.82, 2.24) is 0 Å². The summed E-state index contributed by atoms with van der Waals surface area (Å²) in [5.41, 5.74) is 10.8. The number of ether oxygens (including phenoxy) is 1. The first kappa shape index (κ1) is 35.2. The van der Waals surface area contributed by atoms with E-state index in [1.54, 1.807) is 0 Å². The molecule has 0 aromatic heterocycles. The second-order valence-electron chi connectivity index (χ2n) is 15.3. The van der Waals surface area contributed by atoms with Crippen molar-refractivity contribution in [1.29, 1.82) is 0 Å². The Kier molecular flexibility index (Phi) is 8.93. The van der Waals surface area contributed by atoms with Gasteiger partial charge in [0.1, 0.15) is 0 Å². The molecule has 1 aliphatic heterocycles. The average molecular weight is 735 g/mol. The van der Waals surface area contributed by atoms with E-state index in [0.717, 1.165) is 69.8 Å². The molecular formula is C52H47O2P. The van der Waals surface area contributed by atoms with Crippen LogP contribution in [0, 0.1) is 0 Å². The van der Waals surface area contributed by atoms with Crippen molar-refractivity contribution in [2.45, 2.75) is 44.4 Å². The predicted molar refractivity (Wildman–Crippen MR) is 234 cm³/mol. The van der Waals surface area contributed by atoms with E-state index in [-0.39, 0.29) is 0 Å². The Hall–Kier alpha value is -5.53. The number of allylic oxidation sites excluding steroid dienone is 8. The zero-order chi connectivity index (χ0) is 37.5. The van der Waals surface area contributed by atoms with Gasteiger partial charge in [-0.05, 0) is 12.8 Å². The maximum absolute atomic E-state index is 13.2. The van der Waals surface area contributed by atoms with Gasteiger partial charge in [0.2, 0.25) is 0 Å². The number of fused-ring (bicyclic) bond motifs is 8. The van der Waals surface area contributed by atoms with Crippen molar-refractivity contribution in [2.24, 2.45) is 0 Å². The summed E-state index contributed by atoms with van der Waals surface area (Å²) in [6.07, 6.45) is 16.5. The molecule has 1 unspecified atom stereocenters. The van der Waals surface area contributed by atoms with Crippen LogP contribution in [0.2, 0.25) is 0 Å². The fraction of sp³-hybridized carbons (Fsp3) is 0.154. The van der Waals surface area contributed by atoms with Crippen LogP contribution >= 0.6 is 6.83 Å². The van der Waals surface area contributed by atoms with E-state index in [1.165, 1.54) is 33.4 Å². The van der Waals surface area contributed by atoms with E-state index >= 15 is 0 Å². The van der Waals surface area contributed by atoms with E-state index in [1.807, 2.05) is 36.4 Å². The summed E-state index contributed by atoms with van der Waals surface area (Å²) in [6.45, 7) is 0.537. The molecule has 3 heteroatoms. The molecule has 9 rings (SSSR count). The van der Waals surface area contributed by atoms with Crippen molar-refractivity contribution < 1.29 is 9.63 Å². The molecule has 2 aliphatic carbocycles. The molecule has 1 heterocycles. The molecule has 55 heavy (non-hydrogen) atoms. The van der Waals surface area contributed by atoms with Crippen LogP contribution in [0.3, 0.4) is 0 Å². The minimum absolute atomic E-state index is 0.464. The number of benzene rings is 6. The number of hydrogen-bond acceptors (Lipinski definition) is 2. The van der Waals surface area contributed by atoms with Gasteiger partial charge in [-0.3, -0.25) is 0 Å². The Labute approximate surface area is 325 Å². The summed E-state index contributed by atoms with van der Waals surface area (Å²) < 4.78 is 7.06. The summed E-state index contributed by atoms with van der Waals surface area (Å²) in [4.78, 5) is 13.2. The number of para-hydroxylation sites is 2. The molecule has 0 radical (unpaired) electrons. The quantitative estimate of drug-likeness (QED) is 0.118. The van der Waals surface area contributed by atoms with Gasteiger partial charge < -0.3 is 0 Å². The van der Waals surface area contributed by atoms with Gasteiger partial charge in [0.15, 0.2) is 0 Å². The monoisotopic (exact) mass is 734 g/mol. The van der Waals surface area contributed by atoms with Crippen LogP contribution in [0.5, 0.6) is 11.5 Å². The first-order valence-corrected chi connectivity index (χ1v) is 22.3. The third-order valence-corrected chi connectivity index (χ3v) is 16.8. The van der Waals surface area contributed by atoms with Crippen LogP contribution in [-0.2, 0) is 11.8 Å². The molecule has 1 N–H and O–H groups in total. The molecule has 3 aliphatic rings. The summed E-state index contributed by atoms with van der Waals surface area (Å²) in [5, 5.41) is 2.87. The maximum atomic E-state index is 13.2. The number of hydrogen-bond donors (Lipinski definition) is 1. The SMILES string of the molecule is CCC/C=C\C(=C/Cc1cccc(P(C)(O)(c2ccccc2)c2ccccc2)c1)c1cccc2c1Oc1ccccc1C21C2=C(CCC=C2)c2ccccc21. The van der Waals surface area contributed by atoms with Crippen LogP contribution in [0.25, 0.3) is 11.1 Å². The molecule has 272 valence electrons. The van der Waals surface area contributed by atoms with Gasteiger partial charge in [0.05, 0.1) is 0 Å². The second kappa shape index (κ2) is 14.0. The third-order valence-electron chi connectivity index (χ3n) is 12.1. The van der Waals surface area contributed by atoms with Crippen LogP contribution in [0.1, 0.15) is 66.0 Å². The summed E-state index contributed by atoms with van der Waals surface area (Å²) in [7, 11) is 0. The Morgan fingerprint density at radius 1 is 0.727 bits per heavy atom. The van der Waals surface area contributed by atoms with Crippen molar-refractivity contribution >= 4 is 33.9 Å². The first-order chi connectivity index (χ1) is 26.9.